The molecule has 3 rings (SSSR count). The van der Waals surface area contributed by atoms with Crippen molar-refractivity contribution in [1.29, 1.82) is 0 Å². The van der Waals surface area contributed by atoms with Gasteiger partial charge >= 0.3 is 11.8 Å². The van der Waals surface area contributed by atoms with E-state index < -0.39 is 5.60 Å². The molecular formula is C20H35N7O3. The average Bonchev–Trinajstić information content (AvgIpc) is 3.25. The molecule has 1 unspecified atom stereocenters. The van der Waals surface area contributed by atoms with Crippen LogP contribution in [0.4, 0.5) is 4.79 Å². The number of guanidine groups is 1. The standard InChI is InChI=1S/C20H35N7O3/c1-20(2,3)30-18(28)23-15-9-13-25(14-15)17(21-4)22-10-7-12-27-19(29)26-11-6-5-8-16(26)24-27/h15H,5-14H2,1-4H3,(H,21,22)(H,23,28). The normalized spacial score (nSPS) is 19.5. The quantitative estimate of drug-likeness (QED) is 0.417. The van der Waals surface area contributed by atoms with Crippen LogP contribution in [0.3, 0.4) is 0 Å². The number of aryl methyl sites for hydroxylation is 2. The first-order chi connectivity index (χ1) is 14.3. The van der Waals surface area contributed by atoms with Crippen molar-refractivity contribution < 1.29 is 9.53 Å². The summed E-state index contributed by atoms with van der Waals surface area (Å²) in [6.07, 6.45) is 4.29. The fraction of sp³-hybridized carbons (Fsp3) is 0.800. The third kappa shape index (κ3) is 5.76. The lowest BCUT2D eigenvalue weighted by atomic mass is 10.2. The molecule has 1 amide bonds. The maximum absolute atomic E-state index is 12.4. The van der Waals surface area contributed by atoms with Crippen molar-refractivity contribution in [2.45, 2.75) is 77.6 Å². The molecule has 168 valence electrons. The second-order valence-corrected chi connectivity index (χ2v) is 8.94. The second kappa shape index (κ2) is 9.53. The van der Waals surface area contributed by atoms with E-state index in [0.717, 1.165) is 57.0 Å². The van der Waals surface area contributed by atoms with Crippen LogP contribution < -0.4 is 16.3 Å². The molecule has 1 aromatic rings. The number of fused-ring (bicyclic) bond motifs is 1. The highest BCUT2D eigenvalue weighted by molar-refractivity contribution is 5.80. The van der Waals surface area contributed by atoms with Crippen molar-refractivity contribution in [3.05, 3.63) is 16.3 Å². The van der Waals surface area contributed by atoms with Gasteiger partial charge in [-0.1, -0.05) is 0 Å². The van der Waals surface area contributed by atoms with Gasteiger partial charge in [0.05, 0.1) is 6.04 Å². The Morgan fingerprint density at radius 1 is 1.30 bits per heavy atom. The number of hydrogen-bond donors (Lipinski definition) is 2. The number of alkyl carbamates (subject to hydrolysis) is 1. The first-order valence-electron chi connectivity index (χ1n) is 10.9. The van der Waals surface area contributed by atoms with Crippen molar-refractivity contribution in [1.82, 2.24) is 29.9 Å². The number of carbonyl (C=O) groups is 1. The van der Waals surface area contributed by atoms with Gasteiger partial charge in [-0.2, -0.15) is 5.10 Å². The number of nitrogens with one attached hydrogen (secondary N) is 2. The lowest BCUT2D eigenvalue weighted by molar-refractivity contribution is 0.0507. The monoisotopic (exact) mass is 421 g/mol. The highest BCUT2D eigenvalue weighted by Gasteiger charge is 2.27. The highest BCUT2D eigenvalue weighted by Crippen LogP contribution is 2.12. The maximum atomic E-state index is 12.4. The Hall–Kier alpha value is -2.52. The summed E-state index contributed by atoms with van der Waals surface area (Å²) >= 11 is 0. The number of nitrogens with zero attached hydrogens (tertiary/aromatic N) is 5. The van der Waals surface area contributed by atoms with Crippen molar-refractivity contribution in [3.8, 4) is 0 Å². The number of hydrogen-bond acceptors (Lipinski definition) is 5. The summed E-state index contributed by atoms with van der Waals surface area (Å²) in [5, 5.41) is 10.8. The number of rotatable bonds is 5. The summed E-state index contributed by atoms with van der Waals surface area (Å²) < 4.78 is 8.72. The van der Waals surface area contributed by atoms with Crippen LogP contribution in [0.5, 0.6) is 0 Å². The van der Waals surface area contributed by atoms with Gasteiger partial charge in [0.25, 0.3) is 0 Å². The van der Waals surface area contributed by atoms with Gasteiger partial charge in [0.15, 0.2) is 5.96 Å². The van der Waals surface area contributed by atoms with Crippen molar-refractivity contribution in [3.63, 3.8) is 0 Å². The van der Waals surface area contributed by atoms with Gasteiger partial charge in [0, 0.05) is 46.2 Å². The number of aliphatic imine (C=N–C) groups is 1. The molecule has 0 bridgehead atoms. The Bertz CT molecular complexity index is 821. The zero-order chi connectivity index (χ0) is 21.7. The Balaban J connectivity index is 1.42. The fourth-order valence-corrected chi connectivity index (χ4v) is 3.90. The molecule has 10 heteroatoms. The van der Waals surface area contributed by atoms with E-state index in [4.69, 9.17) is 4.74 Å². The van der Waals surface area contributed by atoms with E-state index in [0.29, 0.717) is 19.6 Å². The molecule has 2 aliphatic heterocycles. The molecular weight excluding hydrogens is 386 g/mol. The van der Waals surface area contributed by atoms with Crippen LogP contribution in [0.25, 0.3) is 0 Å². The van der Waals surface area contributed by atoms with Crippen molar-refractivity contribution >= 4 is 12.1 Å². The first-order valence-corrected chi connectivity index (χ1v) is 10.9. The van der Waals surface area contributed by atoms with Crippen molar-refractivity contribution in [2.75, 3.05) is 26.7 Å². The largest absolute Gasteiger partial charge is 0.444 e. The number of aromatic nitrogens is 3. The molecule has 30 heavy (non-hydrogen) atoms. The van der Waals surface area contributed by atoms with Crippen LogP contribution in [-0.4, -0.2) is 69.6 Å². The van der Waals surface area contributed by atoms with E-state index in [1.165, 1.54) is 0 Å². The number of ether oxygens (including phenoxy) is 1. The second-order valence-electron chi connectivity index (χ2n) is 8.94. The molecule has 1 fully saturated rings. The van der Waals surface area contributed by atoms with E-state index in [2.05, 4.69) is 25.6 Å². The van der Waals surface area contributed by atoms with Crippen molar-refractivity contribution in [2.24, 2.45) is 4.99 Å². The van der Waals surface area contributed by atoms with Crippen LogP contribution in [0.1, 0.15) is 52.3 Å². The molecule has 0 aromatic carbocycles. The van der Waals surface area contributed by atoms with Gasteiger partial charge in [-0.25, -0.2) is 14.3 Å². The molecule has 0 saturated carbocycles. The molecule has 1 atom stereocenters. The lowest BCUT2D eigenvalue weighted by Gasteiger charge is -2.23. The molecule has 1 aromatic heterocycles. The maximum Gasteiger partial charge on any atom is 0.407 e. The number of amides is 1. The predicted molar refractivity (Wildman–Crippen MR) is 115 cm³/mol. The van der Waals surface area contributed by atoms with E-state index in [9.17, 15) is 9.59 Å². The van der Waals surface area contributed by atoms with Gasteiger partial charge < -0.3 is 20.3 Å². The summed E-state index contributed by atoms with van der Waals surface area (Å²) in [5.74, 6) is 1.72. The van der Waals surface area contributed by atoms with E-state index >= 15 is 0 Å². The third-order valence-electron chi connectivity index (χ3n) is 5.28. The van der Waals surface area contributed by atoms with E-state index in [1.54, 1.807) is 16.3 Å². The zero-order valence-electron chi connectivity index (χ0n) is 18.6. The molecule has 0 spiro atoms. The van der Waals surface area contributed by atoms with Crippen LogP contribution >= 0.6 is 0 Å². The predicted octanol–water partition coefficient (Wildman–Crippen LogP) is 0.946. The molecule has 3 heterocycles. The van der Waals surface area contributed by atoms with E-state index in [-0.39, 0.29) is 17.8 Å². The minimum absolute atomic E-state index is 0.00434. The Morgan fingerprint density at radius 3 is 2.80 bits per heavy atom. The SMILES string of the molecule is CN=C(NCCCn1nc2n(c1=O)CCCC2)N1CCC(NC(=O)OC(C)(C)C)C1. The summed E-state index contributed by atoms with van der Waals surface area (Å²) in [4.78, 5) is 30.8. The van der Waals surface area contributed by atoms with Gasteiger partial charge in [0.2, 0.25) is 0 Å². The summed E-state index contributed by atoms with van der Waals surface area (Å²) in [6.45, 7) is 9.13. The molecule has 0 aliphatic carbocycles. The smallest absolute Gasteiger partial charge is 0.407 e. The van der Waals surface area contributed by atoms with Gasteiger partial charge in [-0.3, -0.25) is 9.56 Å². The van der Waals surface area contributed by atoms with Crippen LogP contribution in [0.15, 0.2) is 9.79 Å². The minimum Gasteiger partial charge on any atom is -0.444 e. The van der Waals surface area contributed by atoms with Gasteiger partial charge in [-0.15, -0.1) is 0 Å². The average molecular weight is 422 g/mol. The summed E-state index contributed by atoms with van der Waals surface area (Å²) in [7, 11) is 1.75. The van der Waals surface area contributed by atoms with Gasteiger partial charge in [0.1, 0.15) is 11.4 Å². The Kier molecular flexibility index (Phi) is 7.04. The number of likely N-dealkylation sites (tertiary alicyclic amines) is 1. The zero-order valence-corrected chi connectivity index (χ0v) is 18.6. The third-order valence-corrected chi connectivity index (χ3v) is 5.28. The fourth-order valence-electron chi connectivity index (χ4n) is 3.90. The number of carbonyl (C=O) groups excluding carboxylic acids is 1. The van der Waals surface area contributed by atoms with Gasteiger partial charge in [-0.05, 0) is 46.5 Å². The topological polar surface area (TPSA) is 106 Å². The Labute approximate surface area is 177 Å². The highest BCUT2D eigenvalue weighted by atomic mass is 16.6. The summed E-state index contributed by atoms with van der Waals surface area (Å²) in [5.41, 5.74) is -0.499. The van der Waals surface area contributed by atoms with E-state index in [1.807, 2.05) is 20.8 Å². The van der Waals surface area contributed by atoms with Crippen LogP contribution in [-0.2, 0) is 24.2 Å². The molecule has 0 radical (unpaired) electrons. The molecule has 2 N–H and O–H groups in total. The lowest BCUT2D eigenvalue weighted by Crippen LogP contribution is -2.44. The Morgan fingerprint density at radius 2 is 2.10 bits per heavy atom. The molecule has 2 aliphatic rings. The summed E-state index contributed by atoms with van der Waals surface area (Å²) in [6, 6.07) is 0.0360. The minimum atomic E-state index is -0.504. The van der Waals surface area contributed by atoms with Crippen LogP contribution in [0.2, 0.25) is 0 Å². The molecule has 1 saturated heterocycles. The molecule has 10 nitrogen and oxygen atoms in total. The van der Waals surface area contributed by atoms with Crippen LogP contribution in [0, 0.1) is 0 Å². The first kappa shape index (κ1) is 22.2.